The number of hydrogen-bond acceptors (Lipinski definition) is 3. The van der Waals surface area contributed by atoms with Crippen molar-refractivity contribution in [1.29, 1.82) is 0 Å². The van der Waals surface area contributed by atoms with Gasteiger partial charge < -0.3 is 15.7 Å². The summed E-state index contributed by atoms with van der Waals surface area (Å²) in [6, 6.07) is 7.64. The molecule has 1 amide bonds. The van der Waals surface area contributed by atoms with E-state index >= 15 is 0 Å². The maximum Gasteiger partial charge on any atom is 0.224 e. The van der Waals surface area contributed by atoms with Gasteiger partial charge in [0, 0.05) is 13.1 Å². The van der Waals surface area contributed by atoms with Crippen molar-refractivity contribution >= 4 is 5.91 Å². The van der Waals surface area contributed by atoms with E-state index in [1.165, 1.54) is 0 Å². The largest absolute Gasteiger partial charge is 0.392 e. The normalized spacial score (nSPS) is 19.5. The number of nitrogens with one attached hydrogen (secondary N) is 2. The average molecular weight is 248 g/mol. The van der Waals surface area contributed by atoms with Gasteiger partial charge in [-0.1, -0.05) is 24.3 Å². The molecule has 2 rings (SSSR count). The van der Waals surface area contributed by atoms with Crippen molar-refractivity contribution in [2.75, 3.05) is 13.1 Å². The molecule has 1 saturated heterocycles. The third kappa shape index (κ3) is 3.55. The number of amides is 1. The summed E-state index contributed by atoms with van der Waals surface area (Å²) in [5.41, 5.74) is 1.90. The zero-order chi connectivity index (χ0) is 12.8. The fourth-order valence-electron chi connectivity index (χ4n) is 2.25. The zero-order valence-electron chi connectivity index (χ0n) is 10.5. The molecule has 98 valence electrons. The SMILES string of the molecule is O=C(NCc1cccc(CO)c1)[C@@H]1CCCNC1. The van der Waals surface area contributed by atoms with Crippen LogP contribution in [0.2, 0.25) is 0 Å². The Kier molecular flexibility index (Phi) is 4.73. The molecular weight excluding hydrogens is 228 g/mol. The first kappa shape index (κ1) is 13.1. The van der Waals surface area contributed by atoms with E-state index in [2.05, 4.69) is 10.6 Å². The molecule has 4 heteroatoms. The van der Waals surface area contributed by atoms with Crippen LogP contribution in [0.5, 0.6) is 0 Å². The van der Waals surface area contributed by atoms with E-state index in [1.54, 1.807) is 0 Å². The first-order chi connectivity index (χ1) is 8.79. The van der Waals surface area contributed by atoms with Crippen LogP contribution in [0.25, 0.3) is 0 Å². The number of carbonyl (C=O) groups is 1. The van der Waals surface area contributed by atoms with Crippen molar-refractivity contribution in [1.82, 2.24) is 10.6 Å². The second-order valence-corrected chi connectivity index (χ2v) is 4.74. The predicted molar refractivity (Wildman–Crippen MR) is 69.8 cm³/mol. The lowest BCUT2D eigenvalue weighted by Crippen LogP contribution is -2.40. The molecule has 4 nitrogen and oxygen atoms in total. The number of hydrogen-bond donors (Lipinski definition) is 3. The molecule has 0 radical (unpaired) electrons. The van der Waals surface area contributed by atoms with Gasteiger partial charge in [0.1, 0.15) is 0 Å². The topological polar surface area (TPSA) is 61.4 Å². The van der Waals surface area contributed by atoms with Gasteiger partial charge in [0.25, 0.3) is 0 Å². The van der Waals surface area contributed by atoms with Crippen molar-refractivity contribution in [3.05, 3.63) is 35.4 Å². The molecule has 0 aliphatic carbocycles. The molecule has 3 N–H and O–H groups in total. The Hall–Kier alpha value is -1.39. The Labute approximate surface area is 107 Å². The standard InChI is InChI=1S/C14H20N2O2/c17-10-12-4-1-3-11(7-12)8-16-14(18)13-5-2-6-15-9-13/h1,3-4,7,13,15,17H,2,5-6,8-10H2,(H,16,18)/t13-/m1/s1. The average Bonchev–Trinajstić information content (AvgIpc) is 2.46. The molecule has 1 atom stereocenters. The summed E-state index contributed by atoms with van der Waals surface area (Å²) in [7, 11) is 0. The third-order valence-corrected chi connectivity index (χ3v) is 3.31. The molecule has 18 heavy (non-hydrogen) atoms. The van der Waals surface area contributed by atoms with Gasteiger partial charge in [0.2, 0.25) is 5.91 Å². The molecular formula is C14H20N2O2. The number of rotatable bonds is 4. The summed E-state index contributed by atoms with van der Waals surface area (Å²) in [6.45, 7) is 2.36. The van der Waals surface area contributed by atoms with Crippen LogP contribution >= 0.6 is 0 Å². The van der Waals surface area contributed by atoms with Gasteiger partial charge in [-0.2, -0.15) is 0 Å². The highest BCUT2D eigenvalue weighted by molar-refractivity contribution is 5.78. The van der Waals surface area contributed by atoms with Crippen molar-refractivity contribution in [2.45, 2.75) is 26.0 Å². The van der Waals surface area contributed by atoms with E-state index in [1.807, 2.05) is 24.3 Å². The molecule has 1 heterocycles. The van der Waals surface area contributed by atoms with Crippen LogP contribution in [0.15, 0.2) is 24.3 Å². The molecule has 0 unspecified atom stereocenters. The maximum absolute atomic E-state index is 11.9. The van der Waals surface area contributed by atoms with Crippen LogP contribution in [0.4, 0.5) is 0 Å². The van der Waals surface area contributed by atoms with Crippen LogP contribution in [0.1, 0.15) is 24.0 Å². The van der Waals surface area contributed by atoms with Crippen LogP contribution in [-0.2, 0) is 17.9 Å². The highest BCUT2D eigenvalue weighted by Gasteiger charge is 2.20. The lowest BCUT2D eigenvalue weighted by atomic mass is 9.99. The number of aliphatic hydroxyl groups excluding tert-OH is 1. The van der Waals surface area contributed by atoms with E-state index < -0.39 is 0 Å². The highest BCUT2D eigenvalue weighted by Crippen LogP contribution is 2.10. The van der Waals surface area contributed by atoms with Gasteiger partial charge in [-0.3, -0.25) is 4.79 Å². The van der Waals surface area contributed by atoms with Crippen molar-refractivity contribution in [3.8, 4) is 0 Å². The summed E-state index contributed by atoms with van der Waals surface area (Å²) in [4.78, 5) is 11.9. The van der Waals surface area contributed by atoms with Gasteiger partial charge >= 0.3 is 0 Å². The summed E-state index contributed by atoms with van der Waals surface area (Å²) >= 11 is 0. The Bertz CT molecular complexity index is 401. The Morgan fingerprint density at radius 1 is 1.44 bits per heavy atom. The molecule has 1 aromatic carbocycles. The molecule has 1 fully saturated rings. The van der Waals surface area contributed by atoms with Gasteiger partial charge in [-0.25, -0.2) is 0 Å². The van der Waals surface area contributed by atoms with Gasteiger partial charge in [0.05, 0.1) is 12.5 Å². The van der Waals surface area contributed by atoms with Crippen LogP contribution in [0.3, 0.4) is 0 Å². The van der Waals surface area contributed by atoms with E-state index in [-0.39, 0.29) is 18.4 Å². The minimum Gasteiger partial charge on any atom is -0.392 e. The lowest BCUT2D eigenvalue weighted by Gasteiger charge is -2.21. The van der Waals surface area contributed by atoms with Crippen LogP contribution < -0.4 is 10.6 Å². The first-order valence-corrected chi connectivity index (χ1v) is 6.46. The molecule has 0 bridgehead atoms. The fourth-order valence-corrected chi connectivity index (χ4v) is 2.25. The Morgan fingerprint density at radius 2 is 2.28 bits per heavy atom. The summed E-state index contributed by atoms with van der Waals surface area (Å²) in [5.74, 6) is 0.219. The van der Waals surface area contributed by atoms with Crippen molar-refractivity contribution in [2.24, 2.45) is 5.92 Å². The van der Waals surface area contributed by atoms with Crippen LogP contribution in [0, 0.1) is 5.92 Å². The zero-order valence-corrected chi connectivity index (χ0v) is 10.5. The number of carbonyl (C=O) groups excluding carboxylic acids is 1. The summed E-state index contributed by atoms with van der Waals surface area (Å²) < 4.78 is 0. The van der Waals surface area contributed by atoms with Crippen molar-refractivity contribution in [3.63, 3.8) is 0 Å². The molecule has 0 aromatic heterocycles. The van der Waals surface area contributed by atoms with Gasteiger partial charge in [-0.15, -0.1) is 0 Å². The molecule has 1 aliphatic rings. The second-order valence-electron chi connectivity index (χ2n) is 4.74. The minimum absolute atomic E-state index is 0.0360. The minimum atomic E-state index is 0.0360. The monoisotopic (exact) mass is 248 g/mol. The lowest BCUT2D eigenvalue weighted by molar-refractivity contribution is -0.125. The molecule has 1 aromatic rings. The second kappa shape index (κ2) is 6.52. The van der Waals surface area contributed by atoms with E-state index in [0.717, 1.165) is 37.1 Å². The number of aliphatic hydroxyl groups is 1. The highest BCUT2D eigenvalue weighted by atomic mass is 16.3. The molecule has 1 aliphatic heterocycles. The smallest absolute Gasteiger partial charge is 0.224 e. The van der Waals surface area contributed by atoms with E-state index in [9.17, 15) is 4.79 Å². The van der Waals surface area contributed by atoms with E-state index in [4.69, 9.17) is 5.11 Å². The van der Waals surface area contributed by atoms with Gasteiger partial charge in [-0.05, 0) is 30.5 Å². The summed E-state index contributed by atoms with van der Waals surface area (Å²) in [5, 5.41) is 15.2. The molecule has 0 spiro atoms. The number of piperidine rings is 1. The fraction of sp³-hybridized carbons (Fsp3) is 0.500. The van der Waals surface area contributed by atoms with Gasteiger partial charge in [0.15, 0.2) is 0 Å². The van der Waals surface area contributed by atoms with E-state index in [0.29, 0.717) is 6.54 Å². The first-order valence-electron chi connectivity index (χ1n) is 6.46. The number of benzene rings is 1. The molecule has 0 saturated carbocycles. The summed E-state index contributed by atoms with van der Waals surface area (Å²) in [6.07, 6.45) is 2.04. The van der Waals surface area contributed by atoms with Crippen LogP contribution in [-0.4, -0.2) is 24.1 Å². The maximum atomic E-state index is 11.9. The Balaban J connectivity index is 1.84. The predicted octanol–water partition coefficient (Wildman–Crippen LogP) is 0.795. The third-order valence-electron chi connectivity index (χ3n) is 3.31. The van der Waals surface area contributed by atoms with Crippen molar-refractivity contribution < 1.29 is 9.90 Å². The quantitative estimate of drug-likeness (QED) is 0.738. The Morgan fingerprint density at radius 3 is 3.00 bits per heavy atom.